The van der Waals surface area contributed by atoms with E-state index < -0.39 is 12.0 Å². The van der Waals surface area contributed by atoms with Gasteiger partial charge in [-0.2, -0.15) is 0 Å². The highest BCUT2D eigenvalue weighted by Crippen LogP contribution is 2.27. The van der Waals surface area contributed by atoms with Gasteiger partial charge in [0.2, 0.25) is 0 Å². The van der Waals surface area contributed by atoms with Crippen LogP contribution in [0.4, 0.5) is 10.5 Å². The molecule has 32 heavy (non-hydrogen) atoms. The Bertz CT molecular complexity index is 1230. The third-order valence-corrected chi connectivity index (χ3v) is 4.00. The first-order chi connectivity index (χ1) is 15.6. The molecule has 0 spiro atoms. The zero-order valence-electron chi connectivity index (χ0n) is 16.7. The Morgan fingerprint density at radius 1 is 0.938 bits per heavy atom. The number of hydrogen-bond donors (Lipinski definition) is 1. The summed E-state index contributed by atoms with van der Waals surface area (Å²) in [5, 5.41) is 12.7. The van der Waals surface area contributed by atoms with E-state index in [1.807, 2.05) is 36.4 Å². The lowest BCUT2D eigenvalue weighted by Gasteiger charge is -2.02. The van der Waals surface area contributed by atoms with E-state index >= 15 is 0 Å². The van der Waals surface area contributed by atoms with Crippen molar-refractivity contribution in [2.75, 3.05) is 12.4 Å². The number of methoxy groups -OCH3 is 1. The van der Waals surface area contributed by atoms with Crippen molar-refractivity contribution >= 4 is 17.7 Å². The molecule has 11 nitrogen and oxygen atoms in total. The van der Waals surface area contributed by atoms with Gasteiger partial charge in [0, 0.05) is 16.0 Å². The molecule has 4 rings (SSSR count). The van der Waals surface area contributed by atoms with Crippen molar-refractivity contribution < 1.29 is 23.4 Å². The van der Waals surface area contributed by atoms with Gasteiger partial charge in [0.05, 0.1) is 25.1 Å². The Hall–Kier alpha value is -4.89. The zero-order valence-corrected chi connectivity index (χ0v) is 16.7. The quantitative estimate of drug-likeness (QED) is 0.260. The first kappa shape index (κ1) is 21.8. The predicted octanol–water partition coefficient (Wildman–Crippen LogP) is 5.31. The van der Waals surface area contributed by atoms with E-state index in [0.717, 1.165) is 5.56 Å². The third kappa shape index (κ3) is 5.38. The first-order valence-electron chi connectivity index (χ1n) is 9.08. The van der Waals surface area contributed by atoms with Gasteiger partial charge in [-0.1, -0.05) is 71.0 Å². The van der Waals surface area contributed by atoms with Crippen LogP contribution in [0, 0.1) is 0 Å². The largest absolute Gasteiger partial charge is 0.453 e. The van der Waals surface area contributed by atoms with Crippen molar-refractivity contribution in [3.63, 3.8) is 0 Å². The van der Waals surface area contributed by atoms with Gasteiger partial charge < -0.3 is 13.8 Å². The number of anilines is 1. The van der Waals surface area contributed by atoms with Gasteiger partial charge in [-0.15, -0.1) is 0 Å². The van der Waals surface area contributed by atoms with Crippen molar-refractivity contribution in [2.24, 2.45) is 5.11 Å². The smallest absolute Gasteiger partial charge is 0.411 e. The molecule has 1 N–H and O–H groups in total. The van der Waals surface area contributed by atoms with E-state index in [4.69, 9.17) is 14.6 Å². The summed E-state index contributed by atoms with van der Waals surface area (Å²) in [6.45, 7) is 0. The van der Waals surface area contributed by atoms with Crippen LogP contribution in [0.2, 0.25) is 0 Å². The lowest BCUT2D eigenvalue weighted by molar-refractivity contribution is 0.100. The van der Waals surface area contributed by atoms with E-state index in [9.17, 15) is 9.59 Å². The Morgan fingerprint density at radius 2 is 1.50 bits per heavy atom. The van der Waals surface area contributed by atoms with Crippen LogP contribution < -0.4 is 5.32 Å². The molecule has 0 fully saturated rings. The number of aromatic nitrogens is 2. The van der Waals surface area contributed by atoms with Crippen molar-refractivity contribution in [1.29, 1.82) is 0 Å². The Labute approximate surface area is 181 Å². The average molecular weight is 432 g/mol. The topological polar surface area (TPSA) is 156 Å². The van der Waals surface area contributed by atoms with Gasteiger partial charge >= 0.3 is 6.09 Å². The lowest BCUT2D eigenvalue weighted by Crippen LogP contribution is -2.10. The fourth-order valence-corrected chi connectivity index (χ4v) is 2.57. The minimum absolute atomic E-state index is 0.156. The SMILES string of the molecule is COC(=O)Nc1cnoc1-c1ccccc1.[N-]=[N+]=NC(=O)c1cnoc1-c1ccccc1. The summed E-state index contributed by atoms with van der Waals surface area (Å²) in [7, 11) is 1.30. The first-order valence-corrected chi connectivity index (χ1v) is 9.08. The highest BCUT2D eigenvalue weighted by molar-refractivity contribution is 5.99. The van der Waals surface area contributed by atoms with Gasteiger partial charge in [-0.05, 0) is 10.6 Å². The summed E-state index contributed by atoms with van der Waals surface area (Å²) >= 11 is 0. The minimum atomic E-state index is -0.706. The number of nitrogens with one attached hydrogen (secondary N) is 1. The molecule has 0 aliphatic rings. The molecular formula is C21H16N6O5. The maximum Gasteiger partial charge on any atom is 0.411 e. The highest BCUT2D eigenvalue weighted by atomic mass is 16.5. The van der Waals surface area contributed by atoms with E-state index in [-0.39, 0.29) is 5.56 Å². The maximum absolute atomic E-state index is 11.4. The van der Waals surface area contributed by atoms with Gasteiger partial charge in [0.1, 0.15) is 5.69 Å². The average Bonchev–Trinajstić information content (AvgIpc) is 3.51. The number of ether oxygens (including phenoxy) is 1. The molecule has 2 aromatic heterocycles. The fraction of sp³-hybridized carbons (Fsp3) is 0.0476. The number of carbonyl (C=O) groups excluding carboxylic acids is 2. The molecule has 0 saturated carbocycles. The molecule has 2 heterocycles. The maximum atomic E-state index is 11.4. The van der Waals surface area contributed by atoms with Crippen LogP contribution in [0.1, 0.15) is 10.4 Å². The fourth-order valence-electron chi connectivity index (χ4n) is 2.57. The molecule has 0 aliphatic heterocycles. The molecular weight excluding hydrogens is 416 g/mol. The monoisotopic (exact) mass is 432 g/mol. The van der Waals surface area contributed by atoms with Crippen LogP contribution >= 0.6 is 0 Å². The number of benzene rings is 2. The van der Waals surface area contributed by atoms with E-state index in [2.05, 4.69) is 30.4 Å². The molecule has 0 aliphatic carbocycles. The Balaban J connectivity index is 0.000000181. The van der Waals surface area contributed by atoms with Crippen molar-refractivity contribution in [3.05, 3.63) is 89.1 Å². The summed E-state index contributed by atoms with van der Waals surface area (Å²) in [6, 6.07) is 18.4. The summed E-state index contributed by atoms with van der Waals surface area (Å²) < 4.78 is 14.5. The highest BCUT2D eigenvalue weighted by Gasteiger charge is 2.16. The minimum Gasteiger partial charge on any atom is -0.453 e. The molecule has 2 aromatic carbocycles. The van der Waals surface area contributed by atoms with Gasteiger partial charge in [-0.3, -0.25) is 10.1 Å². The van der Waals surface area contributed by atoms with Crippen LogP contribution in [-0.2, 0) is 4.74 Å². The molecule has 11 heteroatoms. The zero-order chi connectivity index (χ0) is 22.8. The number of carbonyl (C=O) groups is 2. The number of hydrogen-bond acceptors (Lipinski definition) is 7. The van der Waals surface area contributed by atoms with Gasteiger partial charge in [0.25, 0.3) is 5.91 Å². The second kappa shape index (κ2) is 10.8. The molecule has 0 radical (unpaired) electrons. The molecule has 0 bridgehead atoms. The second-order valence-corrected chi connectivity index (χ2v) is 5.98. The molecule has 4 aromatic rings. The molecule has 0 atom stereocenters. The number of amides is 2. The standard InChI is InChI=1S/C11H10N2O3.C10H6N4O2/c1-15-11(14)13-9-7-12-16-10(9)8-5-3-2-4-6-8;11-14-13-10(15)8-6-12-16-9(8)7-4-2-1-3-5-7/h2-7H,1H3,(H,13,14);1-6H. The Morgan fingerprint density at radius 3 is 2.09 bits per heavy atom. The second-order valence-electron chi connectivity index (χ2n) is 5.98. The summed E-state index contributed by atoms with van der Waals surface area (Å²) in [6.07, 6.45) is 2.11. The van der Waals surface area contributed by atoms with Crippen LogP contribution in [0.15, 0.2) is 87.2 Å². The summed E-state index contributed by atoms with van der Waals surface area (Å²) in [5.74, 6) is 0.103. The molecule has 0 unspecified atom stereocenters. The third-order valence-electron chi connectivity index (χ3n) is 4.00. The summed E-state index contributed by atoms with van der Waals surface area (Å²) in [5.41, 5.74) is 10.4. The van der Waals surface area contributed by atoms with Gasteiger partial charge in [-0.25, -0.2) is 4.79 Å². The molecule has 2 amide bonds. The summed E-state index contributed by atoms with van der Waals surface area (Å²) in [4.78, 5) is 24.9. The van der Waals surface area contributed by atoms with E-state index in [1.54, 1.807) is 24.3 Å². The number of azide groups is 1. The van der Waals surface area contributed by atoms with Crippen LogP contribution in [-0.4, -0.2) is 29.4 Å². The van der Waals surface area contributed by atoms with E-state index in [0.29, 0.717) is 22.8 Å². The number of rotatable bonds is 4. The molecule has 0 saturated heterocycles. The van der Waals surface area contributed by atoms with E-state index in [1.165, 1.54) is 19.5 Å². The van der Waals surface area contributed by atoms with Crippen LogP contribution in [0.3, 0.4) is 0 Å². The van der Waals surface area contributed by atoms with Crippen LogP contribution in [0.5, 0.6) is 0 Å². The number of nitrogens with zero attached hydrogens (tertiary/aromatic N) is 5. The lowest BCUT2D eigenvalue weighted by atomic mass is 10.1. The molecule has 160 valence electrons. The van der Waals surface area contributed by atoms with Crippen molar-refractivity contribution in [2.45, 2.75) is 0 Å². The predicted molar refractivity (Wildman–Crippen MR) is 113 cm³/mol. The van der Waals surface area contributed by atoms with Gasteiger partial charge in [0.15, 0.2) is 11.5 Å². The Kier molecular flexibility index (Phi) is 7.34. The van der Waals surface area contributed by atoms with Crippen molar-refractivity contribution in [3.8, 4) is 22.6 Å². The normalized spacial score (nSPS) is 9.66. The van der Waals surface area contributed by atoms with Crippen molar-refractivity contribution in [1.82, 2.24) is 10.3 Å². The van der Waals surface area contributed by atoms with Crippen LogP contribution in [0.25, 0.3) is 33.1 Å².